The van der Waals surface area contributed by atoms with E-state index in [1.165, 1.54) is 7.11 Å². The van der Waals surface area contributed by atoms with Gasteiger partial charge in [0.2, 0.25) is 0 Å². The molecule has 0 atom stereocenters. The summed E-state index contributed by atoms with van der Waals surface area (Å²) in [4.78, 5) is 0. The third-order valence-corrected chi connectivity index (χ3v) is 1.53. The van der Waals surface area contributed by atoms with E-state index < -0.39 is 12.1 Å². The predicted molar refractivity (Wildman–Crippen MR) is 40.9 cm³/mol. The summed E-state index contributed by atoms with van der Waals surface area (Å²) in [5.74, 6) is 0. The van der Waals surface area contributed by atoms with Crippen LogP contribution in [0.1, 0.15) is 13.8 Å². The highest BCUT2D eigenvalue weighted by Crippen LogP contribution is 2.17. The predicted octanol–water partition coefficient (Wildman–Crippen LogP) is 1.46. The van der Waals surface area contributed by atoms with Gasteiger partial charge in [-0.05, 0) is 0 Å². The molecule has 0 fully saturated rings. The van der Waals surface area contributed by atoms with E-state index in [4.69, 9.17) is 9.94 Å². The van der Waals surface area contributed by atoms with Gasteiger partial charge in [-0.15, -0.1) is 0 Å². The largest absolute Gasteiger partial charge is 0.411 e. The maximum Gasteiger partial charge on any atom is 0.131 e. The van der Waals surface area contributed by atoms with Gasteiger partial charge < -0.3 is 9.94 Å². The molecule has 0 unspecified atom stereocenters. The fourth-order valence-corrected chi connectivity index (χ4v) is 0.787. The van der Waals surface area contributed by atoms with Crippen LogP contribution in [0.25, 0.3) is 0 Å². The van der Waals surface area contributed by atoms with Crippen molar-refractivity contribution in [2.24, 2.45) is 10.6 Å². The third kappa shape index (κ3) is 2.84. The molecule has 0 saturated carbocycles. The first kappa shape index (κ1) is 10.4. The van der Waals surface area contributed by atoms with E-state index in [-0.39, 0.29) is 5.71 Å². The van der Waals surface area contributed by atoms with Crippen LogP contribution in [0.3, 0.4) is 0 Å². The Morgan fingerprint density at radius 3 is 2.45 bits per heavy atom. The molecule has 0 bridgehead atoms. The van der Waals surface area contributed by atoms with Crippen molar-refractivity contribution in [3.05, 3.63) is 0 Å². The van der Waals surface area contributed by atoms with Crippen LogP contribution < -0.4 is 0 Å². The van der Waals surface area contributed by atoms with Crippen LogP contribution in [0.2, 0.25) is 0 Å². The Labute approximate surface area is 65.9 Å². The maximum atomic E-state index is 12.1. The minimum Gasteiger partial charge on any atom is -0.411 e. The van der Waals surface area contributed by atoms with Gasteiger partial charge in [-0.25, -0.2) is 4.39 Å². The van der Waals surface area contributed by atoms with Gasteiger partial charge >= 0.3 is 0 Å². The first-order valence-corrected chi connectivity index (χ1v) is 3.34. The standard InChI is InChI=1S/C7H14FNO2/c1-7(2,5-11-3)6(4-8)9-10/h10H,4-5H2,1-3H3. The van der Waals surface area contributed by atoms with E-state index in [0.717, 1.165) is 0 Å². The van der Waals surface area contributed by atoms with Gasteiger partial charge in [0.15, 0.2) is 0 Å². The molecule has 66 valence electrons. The SMILES string of the molecule is COCC(C)(C)C(CF)=NO. The van der Waals surface area contributed by atoms with Gasteiger partial charge in [-0.1, -0.05) is 19.0 Å². The zero-order chi connectivity index (χ0) is 8.91. The Morgan fingerprint density at radius 2 is 2.18 bits per heavy atom. The zero-order valence-corrected chi connectivity index (χ0v) is 7.09. The van der Waals surface area contributed by atoms with Crippen molar-refractivity contribution in [2.45, 2.75) is 13.8 Å². The number of halogens is 1. The molecule has 0 amide bonds. The monoisotopic (exact) mass is 163 g/mol. The number of hydrogen-bond donors (Lipinski definition) is 1. The smallest absolute Gasteiger partial charge is 0.131 e. The van der Waals surface area contributed by atoms with Crippen molar-refractivity contribution in [3.63, 3.8) is 0 Å². The average molecular weight is 163 g/mol. The zero-order valence-electron chi connectivity index (χ0n) is 7.09. The molecule has 1 N–H and O–H groups in total. The molecule has 0 aromatic carbocycles. The van der Waals surface area contributed by atoms with E-state index in [2.05, 4.69) is 5.16 Å². The van der Waals surface area contributed by atoms with Crippen LogP contribution in [0.4, 0.5) is 4.39 Å². The number of nitrogens with zero attached hydrogens (tertiary/aromatic N) is 1. The van der Waals surface area contributed by atoms with Crippen molar-refractivity contribution >= 4 is 5.71 Å². The van der Waals surface area contributed by atoms with Crippen molar-refractivity contribution in [1.29, 1.82) is 0 Å². The minimum absolute atomic E-state index is 0.111. The molecule has 0 saturated heterocycles. The van der Waals surface area contributed by atoms with Gasteiger partial charge in [-0.2, -0.15) is 0 Å². The fraction of sp³-hybridized carbons (Fsp3) is 0.857. The third-order valence-electron chi connectivity index (χ3n) is 1.53. The number of rotatable bonds is 4. The quantitative estimate of drug-likeness (QED) is 0.387. The van der Waals surface area contributed by atoms with Crippen LogP contribution in [0, 0.1) is 5.41 Å². The number of ether oxygens (including phenoxy) is 1. The Morgan fingerprint density at radius 1 is 1.64 bits per heavy atom. The summed E-state index contributed by atoms with van der Waals surface area (Å²) in [6.45, 7) is 3.11. The average Bonchev–Trinajstić information content (AvgIpc) is 1.89. The molecule has 0 aliphatic heterocycles. The Balaban J connectivity index is 4.25. The first-order valence-electron chi connectivity index (χ1n) is 3.34. The lowest BCUT2D eigenvalue weighted by atomic mass is 9.89. The highest BCUT2D eigenvalue weighted by atomic mass is 19.1. The molecule has 0 aromatic heterocycles. The van der Waals surface area contributed by atoms with Crippen molar-refractivity contribution < 1.29 is 14.3 Å². The summed E-state index contributed by atoms with van der Waals surface area (Å²) in [7, 11) is 1.52. The molecule has 0 heterocycles. The highest BCUT2D eigenvalue weighted by molar-refractivity contribution is 5.90. The number of hydrogen-bond acceptors (Lipinski definition) is 3. The summed E-state index contributed by atoms with van der Waals surface area (Å²) in [5.41, 5.74) is -0.419. The molecule has 0 aliphatic rings. The summed E-state index contributed by atoms with van der Waals surface area (Å²) < 4.78 is 17.0. The topological polar surface area (TPSA) is 41.8 Å². The van der Waals surface area contributed by atoms with E-state index >= 15 is 0 Å². The summed E-state index contributed by atoms with van der Waals surface area (Å²) in [5, 5.41) is 11.2. The van der Waals surface area contributed by atoms with Crippen molar-refractivity contribution in [3.8, 4) is 0 Å². The molecule has 3 nitrogen and oxygen atoms in total. The summed E-state index contributed by atoms with van der Waals surface area (Å²) in [6, 6.07) is 0. The van der Waals surface area contributed by atoms with Gasteiger partial charge in [0, 0.05) is 12.5 Å². The van der Waals surface area contributed by atoms with E-state index in [1.54, 1.807) is 13.8 Å². The minimum atomic E-state index is -0.743. The van der Waals surface area contributed by atoms with Gasteiger partial charge in [0.25, 0.3) is 0 Å². The second-order valence-corrected chi connectivity index (χ2v) is 3.00. The fourth-order valence-electron chi connectivity index (χ4n) is 0.787. The number of methoxy groups -OCH3 is 1. The Kier molecular flexibility index (Phi) is 4.03. The van der Waals surface area contributed by atoms with Crippen molar-refractivity contribution in [1.82, 2.24) is 0 Å². The van der Waals surface area contributed by atoms with Crippen LogP contribution in [-0.2, 0) is 4.74 Å². The summed E-state index contributed by atoms with van der Waals surface area (Å²) >= 11 is 0. The lowest BCUT2D eigenvalue weighted by Gasteiger charge is -2.22. The Bertz CT molecular complexity index is 145. The molecule has 0 aliphatic carbocycles. The normalized spacial score (nSPS) is 13.6. The number of oxime groups is 1. The van der Waals surface area contributed by atoms with Crippen LogP contribution >= 0.6 is 0 Å². The van der Waals surface area contributed by atoms with E-state index in [1.807, 2.05) is 0 Å². The molecule has 11 heavy (non-hydrogen) atoms. The molecular weight excluding hydrogens is 149 g/mol. The molecule has 0 aromatic rings. The second kappa shape index (κ2) is 4.28. The molecule has 0 rings (SSSR count). The van der Waals surface area contributed by atoms with Crippen LogP contribution in [0.15, 0.2) is 5.16 Å². The van der Waals surface area contributed by atoms with Gasteiger partial charge in [0.1, 0.15) is 6.67 Å². The first-order chi connectivity index (χ1) is 5.08. The van der Waals surface area contributed by atoms with Crippen LogP contribution in [0.5, 0.6) is 0 Å². The van der Waals surface area contributed by atoms with Crippen molar-refractivity contribution in [2.75, 3.05) is 20.4 Å². The number of alkyl halides is 1. The summed E-state index contributed by atoms with van der Waals surface area (Å²) in [6.07, 6.45) is 0. The highest BCUT2D eigenvalue weighted by Gasteiger charge is 2.25. The van der Waals surface area contributed by atoms with Crippen LogP contribution in [-0.4, -0.2) is 31.3 Å². The van der Waals surface area contributed by atoms with Gasteiger partial charge in [-0.3, -0.25) is 0 Å². The molecular formula is C7H14FNO2. The molecule has 4 heteroatoms. The Hall–Kier alpha value is -0.640. The maximum absolute atomic E-state index is 12.1. The van der Waals surface area contributed by atoms with E-state index in [0.29, 0.717) is 6.61 Å². The lowest BCUT2D eigenvalue weighted by Crippen LogP contribution is -2.30. The second-order valence-electron chi connectivity index (χ2n) is 3.00. The van der Waals surface area contributed by atoms with Gasteiger partial charge in [0.05, 0.1) is 12.3 Å². The molecule has 0 radical (unpaired) electrons. The lowest BCUT2D eigenvalue weighted by molar-refractivity contribution is 0.137. The van der Waals surface area contributed by atoms with E-state index in [9.17, 15) is 4.39 Å². The molecule has 0 spiro atoms.